The Balaban J connectivity index is 4.70. The first-order valence-corrected chi connectivity index (χ1v) is 10.1. The zero-order valence-corrected chi connectivity index (χ0v) is 16.1. The molecule has 0 aromatic heterocycles. The molecule has 2 unspecified atom stereocenters. The molecule has 0 bridgehead atoms. The molecule has 0 saturated carbocycles. The average molecular weight is 297 g/mol. The Morgan fingerprint density at radius 1 is 0.619 bits per heavy atom. The van der Waals surface area contributed by atoms with Gasteiger partial charge in [0, 0.05) is 0 Å². The summed E-state index contributed by atoms with van der Waals surface area (Å²) in [5.41, 5.74) is 0.628. The zero-order chi connectivity index (χ0) is 16.1. The maximum absolute atomic E-state index is 2.45. The van der Waals surface area contributed by atoms with Crippen LogP contribution in [-0.2, 0) is 0 Å². The highest BCUT2D eigenvalue weighted by Gasteiger charge is 2.31. The van der Waals surface area contributed by atoms with Gasteiger partial charge in [0.15, 0.2) is 0 Å². The van der Waals surface area contributed by atoms with E-state index < -0.39 is 0 Å². The standard InChI is InChI=1S/C21H44/c1-7-13-15-19(9-3)17-21(11-5,12-6)18-20(10-4)16-14-8-2/h19-20H,7-18H2,1-6H3. The molecule has 0 spiro atoms. The van der Waals surface area contributed by atoms with E-state index >= 15 is 0 Å². The molecule has 0 radical (unpaired) electrons. The first-order chi connectivity index (χ1) is 10.1. The van der Waals surface area contributed by atoms with Gasteiger partial charge < -0.3 is 0 Å². The van der Waals surface area contributed by atoms with Crippen LogP contribution in [0.3, 0.4) is 0 Å². The Labute approximate surface area is 136 Å². The van der Waals surface area contributed by atoms with Crippen LogP contribution >= 0.6 is 0 Å². The highest BCUT2D eigenvalue weighted by molar-refractivity contribution is 4.82. The van der Waals surface area contributed by atoms with Gasteiger partial charge in [-0.05, 0) is 30.1 Å². The van der Waals surface area contributed by atoms with Crippen LogP contribution in [0.5, 0.6) is 0 Å². The Hall–Kier alpha value is 0. The van der Waals surface area contributed by atoms with Crippen molar-refractivity contribution < 1.29 is 0 Å². The summed E-state index contributed by atoms with van der Waals surface area (Å²) < 4.78 is 0. The monoisotopic (exact) mass is 296 g/mol. The van der Waals surface area contributed by atoms with Crippen LogP contribution in [-0.4, -0.2) is 0 Å². The van der Waals surface area contributed by atoms with E-state index in [0.29, 0.717) is 5.41 Å². The fourth-order valence-electron chi connectivity index (χ4n) is 4.02. The summed E-state index contributed by atoms with van der Waals surface area (Å²) in [6, 6.07) is 0. The minimum atomic E-state index is 0.628. The van der Waals surface area contributed by atoms with Crippen molar-refractivity contribution in [1.82, 2.24) is 0 Å². The molecule has 128 valence electrons. The van der Waals surface area contributed by atoms with E-state index in [1.807, 2.05) is 0 Å². The third kappa shape index (κ3) is 8.27. The van der Waals surface area contributed by atoms with Gasteiger partial charge in [0.1, 0.15) is 0 Å². The highest BCUT2D eigenvalue weighted by atomic mass is 14.4. The van der Waals surface area contributed by atoms with Crippen molar-refractivity contribution in [3.8, 4) is 0 Å². The molecule has 0 aromatic rings. The second kappa shape index (κ2) is 12.5. The van der Waals surface area contributed by atoms with Crippen molar-refractivity contribution in [3.05, 3.63) is 0 Å². The third-order valence-electron chi connectivity index (χ3n) is 6.03. The molecule has 0 saturated heterocycles. The molecule has 0 aliphatic carbocycles. The molecule has 0 aromatic carbocycles. The maximum atomic E-state index is 2.45. The van der Waals surface area contributed by atoms with Gasteiger partial charge in [-0.25, -0.2) is 0 Å². The maximum Gasteiger partial charge on any atom is -0.0297 e. The minimum Gasteiger partial charge on any atom is -0.0654 e. The van der Waals surface area contributed by atoms with Crippen LogP contribution in [0.4, 0.5) is 0 Å². The molecule has 2 atom stereocenters. The van der Waals surface area contributed by atoms with Crippen molar-refractivity contribution in [2.45, 2.75) is 119 Å². The van der Waals surface area contributed by atoms with E-state index in [0.717, 1.165) is 11.8 Å². The lowest BCUT2D eigenvalue weighted by molar-refractivity contribution is 0.133. The molecule has 0 aliphatic rings. The normalized spacial score (nSPS) is 15.1. The quantitative estimate of drug-likeness (QED) is 0.304. The van der Waals surface area contributed by atoms with Gasteiger partial charge in [-0.1, -0.05) is 106 Å². The second-order valence-corrected chi connectivity index (χ2v) is 7.45. The Bertz CT molecular complexity index is 194. The SMILES string of the molecule is CCCCC(CC)CC(CC)(CC)CC(CC)CCCC. The molecule has 0 heterocycles. The summed E-state index contributed by atoms with van der Waals surface area (Å²) in [6.45, 7) is 14.4. The van der Waals surface area contributed by atoms with Gasteiger partial charge in [0.2, 0.25) is 0 Å². The number of hydrogen-bond acceptors (Lipinski definition) is 0. The third-order valence-corrected chi connectivity index (χ3v) is 6.03. The topological polar surface area (TPSA) is 0 Å². The summed E-state index contributed by atoms with van der Waals surface area (Å²) in [5, 5.41) is 0. The summed E-state index contributed by atoms with van der Waals surface area (Å²) in [5.74, 6) is 1.93. The molecule has 0 nitrogen and oxygen atoms in total. The van der Waals surface area contributed by atoms with Crippen molar-refractivity contribution in [1.29, 1.82) is 0 Å². The molecule has 0 fully saturated rings. The molecular formula is C21H44. The molecule has 21 heavy (non-hydrogen) atoms. The van der Waals surface area contributed by atoms with Gasteiger partial charge in [-0.2, -0.15) is 0 Å². The van der Waals surface area contributed by atoms with Crippen molar-refractivity contribution in [3.63, 3.8) is 0 Å². The fraction of sp³-hybridized carbons (Fsp3) is 1.00. The van der Waals surface area contributed by atoms with Gasteiger partial charge in [-0.15, -0.1) is 0 Å². The number of rotatable bonds is 14. The van der Waals surface area contributed by atoms with Gasteiger partial charge in [0.05, 0.1) is 0 Å². The summed E-state index contributed by atoms with van der Waals surface area (Å²) in [4.78, 5) is 0. The van der Waals surface area contributed by atoms with E-state index in [9.17, 15) is 0 Å². The molecule has 0 rings (SSSR count). The van der Waals surface area contributed by atoms with Gasteiger partial charge in [0.25, 0.3) is 0 Å². The predicted molar refractivity (Wildman–Crippen MR) is 98.9 cm³/mol. The Kier molecular flexibility index (Phi) is 12.5. The summed E-state index contributed by atoms with van der Waals surface area (Å²) in [7, 11) is 0. The Morgan fingerprint density at radius 2 is 1.00 bits per heavy atom. The van der Waals surface area contributed by atoms with Crippen molar-refractivity contribution in [2.24, 2.45) is 17.3 Å². The van der Waals surface area contributed by atoms with E-state index in [1.165, 1.54) is 77.0 Å². The number of hydrogen-bond donors (Lipinski definition) is 0. The van der Waals surface area contributed by atoms with E-state index in [-0.39, 0.29) is 0 Å². The van der Waals surface area contributed by atoms with Crippen LogP contribution in [0.1, 0.15) is 119 Å². The first kappa shape index (κ1) is 21.0. The van der Waals surface area contributed by atoms with E-state index in [2.05, 4.69) is 41.5 Å². The van der Waals surface area contributed by atoms with E-state index in [1.54, 1.807) is 0 Å². The van der Waals surface area contributed by atoms with Crippen molar-refractivity contribution in [2.75, 3.05) is 0 Å². The molecule has 0 heteroatoms. The Morgan fingerprint density at radius 3 is 1.24 bits per heavy atom. The van der Waals surface area contributed by atoms with Crippen LogP contribution in [0.2, 0.25) is 0 Å². The summed E-state index contributed by atoms with van der Waals surface area (Å²) in [6.07, 6.45) is 17.0. The van der Waals surface area contributed by atoms with Gasteiger partial charge >= 0.3 is 0 Å². The molecule has 0 N–H and O–H groups in total. The zero-order valence-electron chi connectivity index (χ0n) is 16.1. The van der Waals surface area contributed by atoms with Crippen molar-refractivity contribution >= 4 is 0 Å². The van der Waals surface area contributed by atoms with Crippen LogP contribution in [0, 0.1) is 17.3 Å². The molecule has 0 amide bonds. The molecular weight excluding hydrogens is 252 g/mol. The fourth-order valence-corrected chi connectivity index (χ4v) is 4.02. The number of unbranched alkanes of at least 4 members (excludes halogenated alkanes) is 2. The summed E-state index contributed by atoms with van der Waals surface area (Å²) >= 11 is 0. The minimum absolute atomic E-state index is 0.628. The molecule has 0 aliphatic heterocycles. The predicted octanol–water partition coefficient (Wildman–Crippen LogP) is 8.01. The largest absolute Gasteiger partial charge is 0.0654 e. The van der Waals surface area contributed by atoms with Crippen LogP contribution in [0.25, 0.3) is 0 Å². The second-order valence-electron chi connectivity index (χ2n) is 7.45. The van der Waals surface area contributed by atoms with Crippen LogP contribution < -0.4 is 0 Å². The van der Waals surface area contributed by atoms with E-state index in [4.69, 9.17) is 0 Å². The highest BCUT2D eigenvalue weighted by Crippen LogP contribution is 2.43. The first-order valence-electron chi connectivity index (χ1n) is 10.1. The average Bonchev–Trinajstić information content (AvgIpc) is 2.53. The van der Waals surface area contributed by atoms with Gasteiger partial charge in [-0.3, -0.25) is 0 Å². The van der Waals surface area contributed by atoms with Crippen LogP contribution in [0.15, 0.2) is 0 Å². The lowest BCUT2D eigenvalue weighted by Crippen LogP contribution is -2.26. The smallest absolute Gasteiger partial charge is 0.0297 e. The lowest BCUT2D eigenvalue weighted by Gasteiger charge is -2.38. The lowest BCUT2D eigenvalue weighted by atomic mass is 9.67.